The molecule has 0 unspecified atom stereocenters. The highest BCUT2D eigenvalue weighted by Gasteiger charge is 2.34. The van der Waals surface area contributed by atoms with Crippen LogP contribution in [0.4, 0.5) is 0 Å². The summed E-state index contributed by atoms with van der Waals surface area (Å²) in [5, 5.41) is 3.93. The number of hydrogen-bond acceptors (Lipinski definition) is 6. The molecule has 1 aromatic carbocycles. The molecule has 0 amide bonds. The van der Waals surface area contributed by atoms with Crippen LogP contribution in [0.1, 0.15) is 12.8 Å². The Morgan fingerprint density at radius 3 is 2.80 bits per heavy atom. The number of aromatic nitrogens is 2. The van der Waals surface area contributed by atoms with Crippen LogP contribution in [-0.2, 0) is 11.3 Å². The molecule has 0 bridgehead atoms. The van der Waals surface area contributed by atoms with Gasteiger partial charge in [-0.15, -0.1) is 0 Å². The van der Waals surface area contributed by atoms with Crippen molar-refractivity contribution in [2.45, 2.75) is 13.5 Å². The van der Waals surface area contributed by atoms with Gasteiger partial charge in [0.25, 0.3) is 0 Å². The molecule has 0 spiro atoms. The molecule has 1 aliphatic heterocycles. The van der Waals surface area contributed by atoms with Gasteiger partial charge in [-0.1, -0.05) is 24.2 Å². The minimum Gasteiger partial charge on any atom is -0.492 e. The molecule has 2 N–H and O–H groups in total. The fraction of sp³-hybridized carbons (Fsp3) is 0.429. The van der Waals surface area contributed by atoms with E-state index in [9.17, 15) is 0 Å². The van der Waals surface area contributed by atoms with Crippen LogP contribution < -0.4 is 10.5 Å². The van der Waals surface area contributed by atoms with E-state index in [-0.39, 0.29) is 12.0 Å². The van der Waals surface area contributed by atoms with Crippen LogP contribution in [0.25, 0.3) is 11.4 Å². The third-order valence-corrected chi connectivity index (χ3v) is 3.25. The highest BCUT2D eigenvalue weighted by atomic mass is 16.5. The standard InChI is InChI=1S/C14H17N3O3/c1-14(7-18-8-14)9-19-11-5-3-2-4-10(11)13-16-12(6-15)20-17-13/h2-5H,6-9,15H2,1H3. The van der Waals surface area contributed by atoms with E-state index in [0.29, 0.717) is 18.3 Å². The van der Waals surface area contributed by atoms with Gasteiger partial charge in [0.1, 0.15) is 5.75 Å². The summed E-state index contributed by atoms with van der Waals surface area (Å²) in [6.07, 6.45) is 0. The summed E-state index contributed by atoms with van der Waals surface area (Å²) in [5.41, 5.74) is 6.37. The van der Waals surface area contributed by atoms with Gasteiger partial charge in [0.2, 0.25) is 11.7 Å². The Bertz CT molecular complexity index is 593. The molecule has 2 aromatic rings. The lowest BCUT2D eigenvalue weighted by atomic mass is 9.90. The fourth-order valence-electron chi connectivity index (χ4n) is 2.01. The van der Waals surface area contributed by atoms with E-state index in [2.05, 4.69) is 17.1 Å². The van der Waals surface area contributed by atoms with E-state index in [1.807, 2.05) is 24.3 Å². The van der Waals surface area contributed by atoms with Gasteiger partial charge in [-0.25, -0.2) is 0 Å². The molecule has 3 rings (SSSR count). The van der Waals surface area contributed by atoms with E-state index >= 15 is 0 Å². The number of ether oxygens (including phenoxy) is 2. The molecule has 0 saturated carbocycles. The van der Waals surface area contributed by atoms with E-state index < -0.39 is 0 Å². The average Bonchev–Trinajstić information content (AvgIpc) is 2.92. The van der Waals surface area contributed by atoms with Gasteiger partial charge in [-0.2, -0.15) is 4.98 Å². The smallest absolute Gasteiger partial charge is 0.240 e. The molecule has 0 atom stereocenters. The first-order valence-electron chi connectivity index (χ1n) is 6.53. The number of para-hydroxylation sites is 1. The number of benzene rings is 1. The second-order valence-electron chi connectivity index (χ2n) is 5.30. The lowest BCUT2D eigenvalue weighted by Gasteiger charge is -2.37. The summed E-state index contributed by atoms with van der Waals surface area (Å²) in [4.78, 5) is 4.23. The molecule has 1 aliphatic rings. The van der Waals surface area contributed by atoms with E-state index in [1.54, 1.807) is 0 Å². The lowest BCUT2D eigenvalue weighted by Crippen LogP contribution is -2.44. The Morgan fingerprint density at radius 2 is 2.15 bits per heavy atom. The number of nitrogens with two attached hydrogens (primary N) is 1. The molecule has 0 aliphatic carbocycles. The van der Waals surface area contributed by atoms with Gasteiger partial charge in [-0.05, 0) is 12.1 Å². The summed E-state index contributed by atoms with van der Waals surface area (Å²) in [6.45, 7) is 4.43. The topological polar surface area (TPSA) is 83.4 Å². The molecule has 106 valence electrons. The van der Waals surface area contributed by atoms with Crippen molar-refractivity contribution in [3.8, 4) is 17.1 Å². The van der Waals surface area contributed by atoms with Crippen LogP contribution in [0.2, 0.25) is 0 Å². The van der Waals surface area contributed by atoms with E-state index in [1.165, 1.54) is 0 Å². The second-order valence-corrected chi connectivity index (χ2v) is 5.30. The Labute approximate surface area is 116 Å². The molecule has 6 nitrogen and oxygen atoms in total. The van der Waals surface area contributed by atoms with Crippen LogP contribution in [0.15, 0.2) is 28.8 Å². The van der Waals surface area contributed by atoms with E-state index in [4.69, 9.17) is 19.7 Å². The number of hydrogen-bond donors (Lipinski definition) is 1. The molecule has 1 fully saturated rings. The minimum absolute atomic E-state index is 0.0901. The van der Waals surface area contributed by atoms with Gasteiger partial charge in [-0.3, -0.25) is 0 Å². The van der Waals surface area contributed by atoms with Crippen molar-refractivity contribution in [1.82, 2.24) is 10.1 Å². The molecular formula is C14H17N3O3. The first-order chi connectivity index (χ1) is 9.70. The molecule has 6 heteroatoms. The third-order valence-electron chi connectivity index (χ3n) is 3.25. The fourth-order valence-corrected chi connectivity index (χ4v) is 2.01. The number of nitrogens with zero attached hydrogens (tertiary/aromatic N) is 2. The first kappa shape index (κ1) is 13.1. The molecule has 0 radical (unpaired) electrons. The van der Waals surface area contributed by atoms with E-state index in [0.717, 1.165) is 24.5 Å². The summed E-state index contributed by atoms with van der Waals surface area (Å²) in [6, 6.07) is 7.63. The minimum atomic E-state index is 0.0901. The summed E-state index contributed by atoms with van der Waals surface area (Å²) in [5.74, 6) is 1.65. The monoisotopic (exact) mass is 275 g/mol. The predicted molar refractivity (Wildman–Crippen MR) is 72.0 cm³/mol. The molecule has 2 heterocycles. The first-order valence-corrected chi connectivity index (χ1v) is 6.53. The Morgan fingerprint density at radius 1 is 1.35 bits per heavy atom. The van der Waals surface area contributed by atoms with Crippen molar-refractivity contribution in [2.24, 2.45) is 11.1 Å². The van der Waals surface area contributed by atoms with Gasteiger partial charge in [0.05, 0.1) is 31.9 Å². The maximum Gasteiger partial charge on any atom is 0.240 e. The highest BCUT2D eigenvalue weighted by Crippen LogP contribution is 2.31. The molecule has 20 heavy (non-hydrogen) atoms. The average molecular weight is 275 g/mol. The third kappa shape index (κ3) is 2.52. The van der Waals surface area contributed by atoms with Gasteiger partial charge in [0, 0.05) is 5.41 Å². The molecular weight excluding hydrogens is 258 g/mol. The van der Waals surface area contributed by atoms with Crippen molar-refractivity contribution in [3.05, 3.63) is 30.2 Å². The van der Waals surface area contributed by atoms with Crippen molar-refractivity contribution in [2.75, 3.05) is 19.8 Å². The largest absolute Gasteiger partial charge is 0.492 e. The van der Waals surface area contributed by atoms with Gasteiger partial charge < -0.3 is 19.7 Å². The predicted octanol–water partition coefficient (Wildman–Crippen LogP) is 1.61. The highest BCUT2D eigenvalue weighted by molar-refractivity contribution is 5.63. The maximum absolute atomic E-state index is 5.91. The summed E-state index contributed by atoms with van der Waals surface area (Å²) >= 11 is 0. The normalized spacial score (nSPS) is 16.7. The summed E-state index contributed by atoms with van der Waals surface area (Å²) < 4.78 is 16.2. The zero-order valence-corrected chi connectivity index (χ0v) is 11.3. The van der Waals surface area contributed by atoms with Crippen LogP contribution in [0.3, 0.4) is 0 Å². The quantitative estimate of drug-likeness (QED) is 0.892. The maximum atomic E-state index is 5.91. The van der Waals surface area contributed by atoms with Crippen LogP contribution in [0.5, 0.6) is 5.75 Å². The Balaban J connectivity index is 1.80. The molecule has 1 aromatic heterocycles. The van der Waals surface area contributed by atoms with Crippen molar-refractivity contribution < 1.29 is 14.0 Å². The van der Waals surface area contributed by atoms with Crippen LogP contribution in [-0.4, -0.2) is 30.0 Å². The zero-order valence-electron chi connectivity index (χ0n) is 11.3. The summed E-state index contributed by atoms with van der Waals surface area (Å²) in [7, 11) is 0. The Hall–Kier alpha value is -1.92. The van der Waals surface area contributed by atoms with Crippen molar-refractivity contribution >= 4 is 0 Å². The Kier molecular flexibility index (Phi) is 3.42. The number of rotatable bonds is 5. The van der Waals surface area contributed by atoms with Crippen LogP contribution >= 0.6 is 0 Å². The molecule has 1 saturated heterocycles. The zero-order chi connectivity index (χ0) is 14.0. The second kappa shape index (κ2) is 5.22. The van der Waals surface area contributed by atoms with Crippen molar-refractivity contribution in [1.29, 1.82) is 0 Å². The van der Waals surface area contributed by atoms with Crippen molar-refractivity contribution in [3.63, 3.8) is 0 Å². The van der Waals surface area contributed by atoms with Gasteiger partial charge >= 0.3 is 0 Å². The lowest BCUT2D eigenvalue weighted by molar-refractivity contribution is -0.120. The van der Waals surface area contributed by atoms with Crippen LogP contribution in [0, 0.1) is 5.41 Å². The van der Waals surface area contributed by atoms with Gasteiger partial charge in [0.15, 0.2) is 0 Å². The SMILES string of the molecule is CC1(COc2ccccc2-c2noc(CN)n2)COC1.